The Labute approximate surface area is 436 Å². The maximum absolute atomic E-state index is 12.9. The van der Waals surface area contributed by atoms with Gasteiger partial charge in [0, 0.05) is 19.3 Å². The number of carbonyl (C=O) groups excluding carboxylic acids is 3. The summed E-state index contributed by atoms with van der Waals surface area (Å²) in [6.45, 7) is 6.31. The lowest BCUT2D eigenvalue weighted by atomic mass is 10.1. The summed E-state index contributed by atoms with van der Waals surface area (Å²) in [5.74, 6) is -1.01. The lowest BCUT2D eigenvalue weighted by Crippen LogP contribution is -2.30. The van der Waals surface area contributed by atoms with Crippen LogP contribution in [0.25, 0.3) is 0 Å². The molecule has 0 fully saturated rings. The lowest BCUT2D eigenvalue weighted by molar-refractivity contribution is -0.167. The van der Waals surface area contributed by atoms with Gasteiger partial charge in [-0.15, -0.1) is 0 Å². The first kappa shape index (κ1) is 66.3. The molecule has 0 aromatic rings. The van der Waals surface area contributed by atoms with Crippen LogP contribution >= 0.6 is 0 Å². The van der Waals surface area contributed by atoms with Crippen LogP contribution < -0.4 is 0 Å². The molecule has 0 aromatic carbocycles. The van der Waals surface area contributed by atoms with Gasteiger partial charge in [-0.3, -0.25) is 14.4 Å². The Morgan fingerprint density at radius 2 is 0.606 bits per heavy atom. The quantitative estimate of drug-likeness (QED) is 0.0199. The van der Waals surface area contributed by atoms with Crippen LogP contribution in [0.4, 0.5) is 0 Å². The number of ether oxygens (including phenoxy) is 3. The third-order valence-corrected chi connectivity index (χ3v) is 11.4. The van der Waals surface area contributed by atoms with Crippen molar-refractivity contribution in [1.29, 1.82) is 0 Å². The molecule has 0 amide bonds. The number of esters is 3. The van der Waals surface area contributed by atoms with Gasteiger partial charge in [-0.25, -0.2) is 0 Å². The highest BCUT2D eigenvalue weighted by Crippen LogP contribution is 2.12. The molecular formula is C65H102O6. The first-order valence-electron chi connectivity index (χ1n) is 28.4. The maximum Gasteiger partial charge on any atom is 0.306 e. The van der Waals surface area contributed by atoms with Crippen molar-refractivity contribution < 1.29 is 28.6 Å². The van der Waals surface area contributed by atoms with Crippen LogP contribution in [0.1, 0.15) is 226 Å². The van der Waals surface area contributed by atoms with E-state index in [1.54, 1.807) is 0 Å². The van der Waals surface area contributed by atoms with E-state index >= 15 is 0 Å². The molecule has 0 saturated heterocycles. The highest BCUT2D eigenvalue weighted by Gasteiger charge is 2.19. The summed E-state index contributed by atoms with van der Waals surface area (Å²) in [5.41, 5.74) is 0. The van der Waals surface area contributed by atoms with Crippen molar-refractivity contribution >= 4 is 17.9 Å². The van der Waals surface area contributed by atoms with Crippen LogP contribution in [-0.4, -0.2) is 37.2 Å². The Morgan fingerprint density at radius 3 is 0.986 bits per heavy atom. The van der Waals surface area contributed by atoms with Gasteiger partial charge in [-0.2, -0.15) is 0 Å². The molecule has 0 saturated carbocycles. The molecule has 0 heterocycles. The van der Waals surface area contributed by atoms with E-state index in [9.17, 15) is 14.4 Å². The molecule has 0 aromatic heterocycles. The van der Waals surface area contributed by atoms with Crippen LogP contribution in [0.15, 0.2) is 146 Å². The molecule has 1 unspecified atom stereocenters. The molecule has 0 bridgehead atoms. The van der Waals surface area contributed by atoms with Crippen molar-refractivity contribution in [2.45, 2.75) is 232 Å². The van der Waals surface area contributed by atoms with E-state index in [-0.39, 0.29) is 37.5 Å². The lowest BCUT2D eigenvalue weighted by Gasteiger charge is -2.18. The van der Waals surface area contributed by atoms with Crippen LogP contribution in [0.3, 0.4) is 0 Å². The average Bonchev–Trinajstić information content (AvgIpc) is 3.37. The number of hydrogen-bond donors (Lipinski definition) is 0. The van der Waals surface area contributed by atoms with Gasteiger partial charge in [0.05, 0.1) is 0 Å². The van der Waals surface area contributed by atoms with Crippen LogP contribution in [0, 0.1) is 0 Å². The Hall–Kier alpha value is -4.71. The van der Waals surface area contributed by atoms with Gasteiger partial charge < -0.3 is 14.2 Å². The van der Waals surface area contributed by atoms with E-state index in [1.165, 1.54) is 32.1 Å². The largest absolute Gasteiger partial charge is 0.462 e. The molecule has 398 valence electrons. The van der Waals surface area contributed by atoms with Crippen LogP contribution in [-0.2, 0) is 28.6 Å². The first-order valence-corrected chi connectivity index (χ1v) is 28.4. The molecule has 6 heteroatoms. The molecule has 0 aliphatic rings. The summed E-state index contributed by atoms with van der Waals surface area (Å²) in [4.78, 5) is 38.2. The normalized spacial score (nSPS) is 13.2. The molecule has 71 heavy (non-hydrogen) atoms. The van der Waals surface area contributed by atoms with Crippen molar-refractivity contribution in [3.8, 4) is 0 Å². The molecule has 0 spiro atoms. The molecule has 0 N–H and O–H groups in total. The number of rotatable bonds is 49. The average molecular weight is 980 g/mol. The summed E-state index contributed by atoms with van der Waals surface area (Å²) in [6, 6.07) is 0. The Morgan fingerprint density at radius 1 is 0.310 bits per heavy atom. The number of hydrogen-bond acceptors (Lipinski definition) is 6. The van der Waals surface area contributed by atoms with Crippen molar-refractivity contribution in [2.75, 3.05) is 13.2 Å². The van der Waals surface area contributed by atoms with E-state index in [4.69, 9.17) is 14.2 Å². The van der Waals surface area contributed by atoms with Gasteiger partial charge in [-0.05, 0) is 128 Å². The smallest absolute Gasteiger partial charge is 0.306 e. The van der Waals surface area contributed by atoms with Gasteiger partial charge in [0.25, 0.3) is 0 Å². The van der Waals surface area contributed by atoms with Crippen LogP contribution in [0.2, 0.25) is 0 Å². The summed E-state index contributed by atoms with van der Waals surface area (Å²) in [6.07, 6.45) is 82.6. The molecule has 1 atom stereocenters. The van der Waals surface area contributed by atoms with Gasteiger partial charge >= 0.3 is 17.9 Å². The zero-order valence-corrected chi connectivity index (χ0v) is 45.4. The second kappa shape index (κ2) is 57.9. The monoisotopic (exact) mass is 979 g/mol. The summed E-state index contributed by atoms with van der Waals surface area (Å²) in [5, 5.41) is 0. The molecule has 0 rings (SSSR count). The van der Waals surface area contributed by atoms with Crippen molar-refractivity contribution in [3.05, 3.63) is 146 Å². The third kappa shape index (κ3) is 56.1. The number of carbonyl (C=O) groups is 3. The third-order valence-electron chi connectivity index (χ3n) is 11.4. The first-order chi connectivity index (χ1) is 35.0. The standard InChI is InChI=1S/C65H102O6/c1-4-7-10-13-16-19-22-25-28-31-33-35-37-40-43-46-49-52-55-58-64(67)70-61-62(60-69-63(66)57-54-51-48-45-42-39-36-30-27-24-21-18-15-12-9-6-3)71-65(68)59-56-53-50-47-44-41-38-34-32-29-26-23-20-17-14-11-8-5-2/h7,9-10,12,16,18-19,21,23,25-30,32-35,38-40,42-43,62H,4-6,8,11,13-15,17,20,22,24,31,36-37,41,44-61H2,1-3H3/b10-7-,12-9-,19-16-,21-18-,26-23-,28-25-,30-27-,32-29-,35-33-,38-34-,42-39-,43-40-. The predicted molar refractivity (Wildman–Crippen MR) is 306 cm³/mol. The Balaban J connectivity index is 4.58. The van der Waals surface area contributed by atoms with E-state index in [1.807, 2.05) is 0 Å². The predicted octanol–water partition coefficient (Wildman–Crippen LogP) is 19.2. The van der Waals surface area contributed by atoms with Crippen LogP contribution in [0.5, 0.6) is 0 Å². The number of allylic oxidation sites excluding steroid dienone is 24. The highest BCUT2D eigenvalue weighted by atomic mass is 16.6. The minimum atomic E-state index is -0.823. The van der Waals surface area contributed by atoms with Gasteiger partial charge in [0.2, 0.25) is 0 Å². The summed E-state index contributed by atoms with van der Waals surface area (Å²) < 4.78 is 16.8. The van der Waals surface area contributed by atoms with E-state index in [2.05, 4.69) is 167 Å². The zero-order chi connectivity index (χ0) is 51.4. The second-order valence-electron chi connectivity index (χ2n) is 18.1. The minimum absolute atomic E-state index is 0.120. The maximum atomic E-state index is 12.9. The molecule has 0 aliphatic heterocycles. The van der Waals surface area contributed by atoms with Crippen molar-refractivity contribution in [1.82, 2.24) is 0 Å². The summed E-state index contributed by atoms with van der Waals surface area (Å²) >= 11 is 0. The van der Waals surface area contributed by atoms with E-state index < -0.39 is 6.10 Å². The fraction of sp³-hybridized carbons (Fsp3) is 0.585. The second-order valence-corrected chi connectivity index (χ2v) is 18.1. The van der Waals surface area contributed by atoms with E-state index in [0.29, 0.717) is 12.8 Å². The van der Waals surface area contributed by atoms with Gasteiger partial charge in [0.1, 0.15) is 13.2 Å². The molecule has 0 aliphatic carbocycles. The van der Waals surface area contributed by atoms with E-state index in [0.717, 1.165) is 154 Å². The van der Waals surface area contributed by atoms with Gasteiger partial charge in [-0.1, -0.05) is 224 Å². The summed E-state index contributed by atoms with van der Waals surface area (Å²) in [7, 11) is 0. The fourth-order valence-corrected chi connectivity index (χ4v) is 7.17. The van der Waals surface area contributed by atoms with Crippen molar-refractivity contribution in [3.63, 3.8) is 0 Å². The Kier molecular flexibility index (Phi) is 54.0. The van der Waals surface area contributed by atoms with Gasteiger partial charge in [0.15, 0.2) is 6.10 Å². The topological polar surface area (TPSA) is 78.9 Å². The number of unbranched alkanes of at least 4 members (excludes halogenated alkanes) is 16. The molecule has 0 radical (unpaired) electrons. The molecular weight excluding hydrogens is 877 g/mol. The fourth-order valence-electron chi connectivity index (χ4n) is 7.17. The molecule has 6 nitrogen and oxygen atoms in total. The van der Waals surface area contributed by atoms with Crippen molar-refractivity contribution in [2.24, 2.45) is 0 Å². The minimum Gasteiger partial charge on any atom is -0.462 e. The zero-order valence-electron chi connectivity index (χ0n) is 45.4. The SMILES string of the molecule is CC/C=C\C/C=C\C/C=C\C/C=C\C/C=C\CCCCCC(=O)OCC(COC(=O)CCCCC/C=C\C/C=C\C/C=C\C/C=C\CC)OC(=O)CCCCCCC\C=C/C=C\C=C/CCCCCCC. The highest BCUT2D eigenvalue weighted by molar-refractivity contribution is 5.71. The Bertz CT molecular complexity index is 1590.